The van der Waals surface area contributed by atoms with Crippen molar-refractivity contribution in [3.63, 3.8) is 0 Å². The van der Waals surface area contributed by atoms with Gasteiger partial charge in [0.2, 0.25) is 5.96 Å². The maximum atomic E-state index is 5.49. The highest BCUT2D eigenvalue weighted by molar-refractivity contribution is 9.11. The molecule has 6 N–H and O–H groups in total. The van der Waals surface area contributed by atoms with E-state index in [4.69, 9.17) is 17.2 Å². The van der Waals surface area contributed by atoms with E-state index in [1.54, 1.807) is 6.07 Å². The predicted octanol–water partition coefficient (Wildman–Crippen LogP) is 1.43. The normalized spacial score (nSPS) is 11.2. The number of nitrogens with two attached hydrogens (primary N) is 3. The third-order valence-corrected chi connectivity index (χ3v) is 2.55. The maximum absolute atomic E-state index is 5.49. The molecule has 0 bridgehead atoms. The van der Waals surface area contributed by atoms with Crippen molar-refractivity contribution in [1.82, 2.24) is 0 Å². The van der Waals surface area contributed by atoms with Gasteiger partial charge in [0.05, 0.1) is 5.69 Å². The van der Waals surface area contributed by atoms with E-state index in [1.807, 2.05) is 12.1 Å². The van der Waals surface area contributed by atoms with Crippen molar-refractivity contribution in [3.8, 4) is 0 Å². The van der Waals surface area contributed by atoms with Crippen molar-refractivity contribution < 1.29 is 0 Å². The molecule has 0 aliphatic heterocycles. The minimum absolute atomic E-state index is 0.00815. The first-order chi connectivity index (χ1) is 6.99. The first-order valence-electron chi connectivity index (χ1n) is 3.88. The molecule has 0 spiro atoms. The van der Waals surface area contributed by atoms with E-state index in [0.717, 1.165) is 8.95 Å². The minimum Gasteiger partial charge on any atom is -0.370 e. The number of benzene rings is 1. The molecular weight excluding hydrogens is 326 g/mol. The van der Waals surface area contributed by atoms with Gasteiger partial charge in [0.15, 0.2) is 5.96 Å². The second-order valence-corrected chi connectivity index (χ2v) is 4.37. The Hall–Kier alpha value is -1.08. The third kappa shape index (κ3) is 3.88. The topological polar surface area (TPSA) is 103 Å². The third-order valence-electron chi connectivity index (χ3n) is 1.39. The van der Waals surface area contributed by atoms with Gasteiger partial charge >= 0.3 is 0 Å². The number of aliphatic imine (C=N–C) groups is 2. The van der Waals surface area contributed by atoms with Gasteiger partial charge in [0, 0.05) is 8.95 Å². The summed E-state index contributed by atoms with van der Waals surface area (Å²) in [6.45, 7) is 0. The summed E-state index contributed by atoms with van der Waals surface area (Å²) in [6, 6.07) is 5.50. The van der Waals surface area contributed by atoms with Crippen LogP contribution >= 0.6 is 31.9 Å². The molecule has 0 aliphatic rings. The molecule has 0 aromatic heterocycles. The van der Waals surface area contributed by atoms with Crippen LogP contribution in [0.25, 0.3) is 0 Å². The Morgan fingerprint density at radius 2 is 1.80 bits per heavy atom. The van der Waals surface area contributed by atoms with Crippen LogP contribution in [0.3, 0.4) is 0 Å². The summed E-state index contributed by atoms with van der Waals surface area (Å²) in [4.78, 5) is 7.64. The van der Waals surface area contributed by atoms with Gasteiger partial charge < -0.3 is 17.2 Å². The molecule has 0 radical (unpaired) electrons. The largest absolute Gasteiger partial charge is 0.370 e. The second kappa shape index (κ2) is 5.13. The van der Waals surface area contributed by atoms with Crippen LogP contribution in [-0.2, 0) is 0 Å². The summed E-state index contributed by atoms with van der Waals surface area (Å²) >= 11 is 6.65. The molecule has 0 atom stereocenters. The number of hydrogen-bond donors (Lipinski definition) is 3. The summed E-state index contributed by atoms with van der Waals surface area (Å²) in [5.74, 6) is -0.115. The van der Waals surface area contributed by atoms with Crippen LogP contribution in [0.4, 0.5) is 5.69 Å². The van der Waals surface area contributed by atoms with Gasteiger partial charge in [-0.3, -0.25) is 0 Å². The van der Waals surface area contributed by atoms with Gasteiger partial charge in [0.1, 0.15) is 0 Å². The lowest BCUT2D eigenvalue weighted by Gasteiger charge is -2.00. The van der Waals surface area contributed by atoms with Crippen LogP contribution in [-0.4, -0.2) is 11.9 Å². The van der Waals surface area contributed by atoms with E-state index in [0.29, 0.717) is 5.69 Å². The molecule has 1 aromatic carbocycles. The Labute approximate surface area is 104 Å². The molecule has 1 aromatic rings. The highest BCUT2D eigenvalue weighted by Gasteiger charge is 2.00. The molecule has 80 valence electrons. The Balaban J connectivity index is 3.07. The lowest BCUT2D eigenvalue weighted by molar-refractivity contribution is 1.37. The Bertz CT molecular complexity index is 423. The Morgan fingerprint density at radius 3 is 2.40 bits per heavy atom. The van der Waals surface area contributed by atoms with Crippen molar-refractivity contribution in [3.05, 3.63) is 27.1 Å². The van der Waals surface area contributed by atoms with Gasteiger partial charge in [-0.2, -0.15) is 4.99 Å². The zero-order valence-corrected chi connectivity index (χ0v) is 10.8. The van der Waals surface area contributed by atoms with E-state index in [-0.39, 0.29) is 11.9 Å². The van der Waals surface area contributed by atoms with Gasteiger partial charge in [-0.1, -0.05) is 15.9 Å². The smallest absolute Gasteiger partial charge is 0.223 e. The summed E-state index contributed by atoms with van der Waals surface area (Å²) in [7, 11) is 0. The van der Waals surface area contributed by atoms with Crippen LogP contribution < -0.4 is 17.2 Å². The van der Waals surface area contributed by atoms with Gasteiger partial charge in [-0.05, 0) is 34.1 Å². The van der Waals surface area contributed by atoms with Crippen LogP contribution in [0, 0.1) is 0 Å². The lowest BCUT2D eigenvalue weighted by Crippen LogP contribution is -2.26. The van der Waals surface area contributed by atoms with E-state index in [1.165, 1.54) is 0 Å². The lowest BCUT2D eigenvalue weighted by atomic mass is 10.3. The average Bonchev–Trinajstić information content (AvgIpc) is 2.10. The Kier molecular flexibility index (Phi) is 4.10. The number of hydrogen-bond acceptors (Lipinski definition) is 1. The molecule has 0 aliphatic carbocycles. The summed E-state index contributed by atoms with van der Waals surface area (Å²) in [6.07, 6.45) is 0. The van der Waals surface area contributed by atoms with E-state index < -0.39 is 0 Å². The molecule has 7 heteroatoms. The molecule has 1 rings (SSSR count). The summed E-state index contributed by atoms with van der Waals surface area (Å²) in [5, 5.41) is 0. The molecule has 0 fully saturated rings. The first kappa shape index (κ1) is 12.0. The van der Waals surface area contributed by atoms with Crippen LogP contribution in [0.2, 0.25) is 0 Å². The highest BCUT2D eigenvalue weighted by atomic mass is 79.9. The molecule has 5 nitrogen and oxygen atoms in total. The maximum Gasteiger partial charge on any atom is 0.223 e. The van der Waals surface area contributed by atoms with Crippen LogP contribution in [0.15, 0.2) is 37.1 Å². The van der Waals surface area contributed by atoms with Crippen LogP contribution in [0.1, 0.15) is 0 Å². The van der Waals surface area contributed by atoms with Crippen molar-refractivity contribution in [1.29, 1.82) is 0 Å². The van der Waals surface area contributed by atoms with Crippen molar-refractivity contribution in [2.24, 2.45) is 27.2 Å². The van der Waals surface area contributed by atoms with Crippen molar-refractivity contribution in [2.75, 3.05) is 0 Å². The van der Waals surface area contributed by atoms with E-state index >= 15 is 0 Å². The first-order valence-corrected chi connectivity index (χ1v) is 5.46. The average molecular weight is 335 g/mol. The molecule has 0 amide bonds. The van der Waals surface area contributed by atoms with Gasteiger partial charge in [-0.15, -0.1) is 0 Å². The van der Waals surface area contributed by atoms with E-state index in [2.05, 4.69) is 41.8 Å². The van der Waals surface area contributed by atoms with Crippen LogP contribution in [0.5, 0.6) is 0 Å². The predicted molar refractivity (Wildman–Crippen MR) is 68.9 cm³/mol. The summed E-state index contributed by atoms with van der Waals surface area (Å²) < 4.78 is 1.70. The molecule has 15 heavy (non-hydrogen) atoms. The molecule has 0 heterocycles. The minimum atomic E-state index is -0.123. The molecule has 0 saturated heterocycles. The number of rotatable bonds is 1. The highest BCUT2D eigenvalue weighted by Crippen LogP contribution is 2.28. The standard InChI is InChI=1S/C8H9Br2N5/c9-4-1-2-5(10)6(3-4)14-8(13)15-7(11)12/h1-3H,(H6,11,12,13,14,15). The fraction of sp³-hybridized carbons (Fsp3) is 0. The van der Waals surface area contributed by atoms with E-state index in [9.17, 15) is 0 Å². The SMILES string of the molecule is NC(N)=NC(N)=Nc1cc(Br)ccc1Br. The zero-order valence-electron chi connectivity index (χ0n) is 7.61. The molecule has 0 saturated carbocycles. The molecule has 0 unspecified atom stereocenters. The number of guanidine groups is 2. The van der Waals surface area contributed by atoms with Crippen molar-refractivity contribution in [2.45, 2.75) is 0 Å². The van der Waals surface area contributed by atoms with Gasteiger partial charge in [0.25, 0.3) is 0 Å². The fourth-order valence-electron chi connectivity index (χ4n) is 0.852. The fourth-order valence-corrected chi connectivity index (χ4v) is 1.54. The number of halogens is 2. The Morgan fingerprint density at radius 1 is 1.13 bits per heavy atom. The summed E-state index contributed by atoms with van der Waals surface area (Å²) in [5.41, 5.74) is 16.5. The second-order valence-electron chi connectivity index (χ2n) is 2.60. The zero-order chi connectivity index (χ0) is 11.4. The van der Waals surface area contributed by atoms with Gasteiger partial charge in [-0.25, -0.2) is 4.99 Å². The quantitative estimate of drug-likeness (QED) is 0.534. The molecular formula is C8H9Br2N5. The number of nitrogens with zero attached hydrogens (tertiary/aromatic N) is 2. The monoisotopic (exact) mass is 333 g/mol. The van der Waals surface area contributed by atoms with Crippen molar-refractivity contribution >= 4 is 49.5 Å².